The SMILES string of the molecule is COc1ccc2c(c1)C(c1ccc(Cl)cc1)=N[C@@H](CC(=O)NCC(=O)NCCc1ccc3scc([Si](C)(C)O)c3c1)c1nnc(C)n1-2. The molecule has 0 unspecified atom stereocenters. The Morgan fingerprint density at radius 3 is 2.57 bits per heavy atom. The van der Waals surface area contributed by atoms with Crippen molar-refractivity contribution >= 4 is 64.1 Å². The molecule has 2 aromatic heterocycles. The van der Waals surface area contributed by atoms with Crippen LogP contribution < -0.4 is 20.6 Å². The zero-order valence-corrected chi connectivity index (χ0v) is 29.1. The average molecular weight is 687 g/mol. The fraction of sp³-hybridized carbons (Fsp3) is 0.265. The van der Waals surface area contributed by atoms with E-state index in [1.54, 1.807) is 30.6 Å². The average Bonchev–Trinajstić information content (AvgIpc) is 3.62. The van der Waals surface area contributed by atoms with Crippen molar-refractivity contribution in [3.63, 3.8) is 0 Å². The molecule has 1 aliphatic rings. The van der Waals surface area contributed by atoms with Crippen molar-refractivity contribution in [2.75, 3.05) is 20.2 Å². The number of methoxy groups -OCH3 is 1. The molecule has 242 valence electrons. The number of fused-ring (bicyclic) bond motifs is 4. The molecule has 6 rings (SSSR count). The number of ether oxygens (including phenoxy) is 1. The Morgan fingerprint density at radius 1 is 1.04 bits per heavy atom. The van der Waals surface area contributed by atoms with Crippen LogP contribution in [-0.2, 0) is 16.0 Å². The van der Waals surface area contributed by atoms with E-state index < -0.39 is 14.4 Å². The Labute approximate surface area is 282 Å². The minimum Gasteiger partial charge on any atom is -0.497 e. The number of halogens is 1. The second kappa shape index (κ2) is 13.4. The highest BCUT2D eigenvalue weighted by molar-refractivity contribution is 7.19. The van der Waals surface area contributed by atoms with Gasteiger partial charge in [-0.15, -0.1) is 21.5 Å². The van der Waals surface area contributed by atoms with E-state index in [4.69, 9.17) is 21.3 Å². The highest BCUT2D eigenvalue weighted by Crippen LogP contribution is 2.34. The molecule has 5 aromatic rings. The van der Waals surface area contributed by atoms with Crippen LogP contribution in [0.4, 0.5) is 0 Å². The third-order valence-corrected chi connectivity index (χ3v) is 11.3. The summed E-state index contributed by atoms with van der Waals surface area (Å²) < 4.78 is 8.58. The summed E-state index contributed by atoms with van der Waals surface area (Å²) in [7, 11) is -0.840. The molecule has 0 saturated carbocycles. The monoisotopic (exact) mass is 686 g/mol. The number of hydrogen-bond donors (Lipinski definition) is 3. The summed E-state index contributed by atoms with van der Waals surface area (Å²) in [6.45, 7) is 5.94. The van der Waals surface area contributed by atoms with Gasteiger partial charge in [0, 0.05) is 27.4 Å². The lowest BCUT2D eigenvalue weighted by Gasteiger charge is -2.14. The van der Waals surface area contributed by atoms with E-state index in [2.05, 4.69) is 33.0 Å². The van der Waals surface area contributed by atoms with Crippen molar-refractivity contribution in [1.82, 2.24) is 25.4 Å². The summed E-state index contributed by atoms with van der Waals surface area (Å²) in [5, 5.41) is 19.1. The maximum atomic E-state index is 13.2. The smallest absolute Gasteiger partial charge is 0.239 e. The number of thiophene rings is 1. The largest absolute Gasteiger partial charge is 0.497 e. The van der Waals surface area contributed by atoms with Crippen LogP contribution in [0, 0.1) is 6.92 Å². The predicted molar refractivity (Wildman–Crippen MR) is 188 cm³/mol. The maximum Gasteiger partial charge on any atom is 0.239 e. The first-order valence-electron chi connectivity index (χ1n) is 15.2. The van der Waals surface area contributed by atoms with Gasteiger partial charge in [-0.25, -0.2) is 0 Å². The molecule has 0 fully saturated rings. The topological polar surface area (TPSA) is 131 Å². The van der Waals surface area contributed by atoms with Crippen LogP contribution in [0.1, 0.15) is 40.8 Å². The number of carbonyl (C=O) groups excluding carboxylic acids is 2. The van der Waals surface area contributed by atoms with Gasteiger partial charge >= 0.3 is 0 Å². The predicted octanol–water partition coefficient (Wildman–Crippen LogP) is 4.61. The van der Waals surface area contributed by atoms with Gasteiger partial charge in [0.2, 0.25) is 20.1 Å². The van der Waals surface area contributed by atoms with Gasteiger partial charge in [0.1, 0.15) is 17.6 Å². The van der Waals surface area contributed by atoms with E-state index in [0.717, 1.165) is 37.7 Å². The number of nitrogens with one attached hydrogen (secondary N) is 2. The first-order valence-corrected chi connectivity index (χ1v) is 19.4. The van der Waals surface area contributed by atoms with Gasteiger partial charge < -0.3 is 20.2 Å². The Balaban J connectivity index is 1.14. The number of amides is 2. The van der Waals surface area contributed by atoms with Crippen molar-refractivity contribution in [1.29, 1.82) is 0 Å². The minimum absolute atomic E-state index is 0.0405. The third-order valence-electron chi connectivity index (χ3n) is 8.11. The Kier molecular flexibility index (Phi) is 9.29. The molecule has 0 spiro atoms. The van der Waals surface area contributed by atoms with Crippen LogP contribution in [0.25, 0.3) is 15.8 Å². The van der Waals surface area contributed by atoms with E-state index >= 15 is 0 Å². The fourth-order valence-corrected chi connectivity index (χ4v) is 8.94. The number of carbonyl (C=O) groups is 2. The number of aliphatic imine (C=N–C) groups is 1. The zero-order valence-electron chi connectivity index (χ0n) is 26.5. The van der Waals surface area contributed by atoms with Crippen LogP contribution in [0.15, 0.2) is 71.0 Å². The number of aryl methyl sites for hydroxylation is 1. The molecule has 0 saturated heterocycles. The van der Waals surface area contributed by atoms with Crippen LogP contribution in [0.2, 0.25) is 18.1 Å². The fourth-order valence-electron chi connectivity index (χ4n) is 5.72. The molecule has 1 atom stereocenters. The Morgan fingerprint density at radius 2 is 1.83 bits per heavy atom. The third kappa shape index (κ3) is 7.00. The van der Waals surface area contributed by atoms with E-state index in [1.807, 2.05) is 66.4 Å². The second-order valence-corrected chi connectivity index (χ2v) is 16.9. The van der Waals surface area contributed by atoms with Crippen molar-refractivity contribution < 1.29 is 19.1 Å². The molecule has 10 nitrogen and oxygen atoms in total. The minimum atomic E-state index is -2.45. The summed E-state index contributed by atoms with van der Waals surface area (Å²) >= 11 is 7.82. The van der Waals surface area contributed by atoms with Gasteiger partial charge in [-0.3, -0.25) is 19.1 Å². The summed E-state index contributed by atoms with van der Waals surface area (Å²) in [4.78, 5) is 41.6. The van der Waals surface area contributed by atoms with Crippen LogP contribution in [-0.4, -0.2) is 65.6 Å². The van der Waals surface area contributed by atoms with Crippen molar-refractivity contribution in [3.05, 3.63) is 99.4 Å². The van der Waals surface area contributed by atoms with Crippen LogP contribution in [0.5, 0.6) is 5.75 Å². The molecule has 0 aliphatic carbocycles. The lowest BCUT2D eigenvalue weighted by molar-refractivity contribution is -0.126. The number of aromatic nitrogens is 3. The molecule has 0 radical (unpaired) electrons. The Hall–Kier alpha value is -4.36. The summed E-state index contributed by atoms with van der Waals surface area (Å²) in [5.74, 6) is 1.21. The maximum absolute atomic E-state index is 13.2. The standard InChI is InChI=1S/C34H35ClN6O4SSi/c1-20-39-40-34-27(38-33(22-6-8-23(35)9-7-22)25-16-24(45-2)10-11-28(25)41(20)34)17-31(42)37-18-32(43)36-14-13-21-5-12-29-26(15-21)30(19-46-29)47(3,4)44/h5-12,15-16,19,27,44H,13-14,17-18H2,1-4H3,(H,36,43)(H,37,42)/t27-/m0/s1. The number of nitrogens with zero attached hydrogens (tertiary/aromatic N) is 4. The van der Waals surface area contributed by atoms with E-state index in [-0.39, 0.29) is 24.8 Å². The van der Waals surface area contributed by atoms with Gasteiger partial charge in [-0.1, -0.05) is 35.9 Å². The molecular formula is C34H35ClN6O4SSi. The molecule has 13 heteroatoms. The quantitative estimate of drug-likeness (QED) is 0.184. The molecule has 3 heterocycles. The summed E-state index contributed by atoms with van der Waals surface area (Å²) in [5.41, 5.74) is 4.17. The van der Waals surface area contributed by atoms with Crippen LogP contribution in [0.3, 0.4) is 0 Å². The molecule has 3 aromatic carbocycles. The highest BCUT2D eigenvalue weighted by Gasteiger charge is 2.30. The first kappa shape index (κ1) is 32.6. The van der Waals surface area contributed by atoms with Crippen molar-refractivity contribution in [2.45, 2.75) is 38.9 Å². The molecular weight excluding hydrogens is 652 g/mol. The number of hydrogen-bond acceptors (Lipinski definition) is 8. The lowest BCUT2D eigenvalue weighted by atomic mass is 10.00. The lowest BCUT2D eigenvalue weighted by Crippen LogP contribution is -2.40. The van der Waals surface area contributed by atoms with Gasteiger partial charge in [-0.05, 0) is 84.4 Å². The molecule has 3 N–H and O–H groups in total. The van der Waals surface area contributed by atoms with Gasteiger partial charge in [0.15, 0.2) is 5.82 Å². The van der Waals surface area contributed by atoms with Gasteiger partial charge in [0.25, 0.3) is 0 Å². The van der Waals surface area contributed by atoms with Crippen molar-refractivity contribution in [3.8, 4) is 11.4 Å². The summed E-state index contributed by atoms with van der Waals surface area (Å²) in [6, 6.07) is 18.6. The second-order valence-electron chi connectivity index (χ2n) is 11.9. The van der Waals surface area contributed by atoms with E-state index in [9.17, 15) is 14.4 Å². The van der Waals surface area contributed by atoms with Gasteiger partial charge in [0.05, 0.1) is 31.5 Å². The zero-order chi connectivity index (χ0) is 33.3. The number of benzene rings is 3. The molecule has 2 amide bonds. The van der Waals surface area contributed by atoms with Gasteiger partial charge in [-0.2, -0.15) is 0 Å². The first-order chi connectivity index (χ1) is 22.5. The molecule has 47 heavy (non-hydrogen) atoms. The molecule has 0 bridgehead atoms. The Bertz CT molecular complexity index is 2000. The number of rotatable bonds is 10. The van der Waals surface area contributed by atoms with Crippen LogP contribution >= 0.6 is 22.9 Å². The van der Waals surface area contributed by atoms with Crippen molar-refractivity contribution in [2.24, 2.45) is 4.99 Å². The van der Waals surface area contributed by atoms with E-state index in [0.29, 0.717) is 41.1 Å². The molecule has 1 aliphatic heterocycles. The normalized spacial score (nSPS) is 14.2. The van der Waals surface area contributed by atoms with E-state index in [1.165, 1.54) is 0 Å². The highest BCUT2D eigenvalue weighted by atomic mass is 35.5. The summed E-state index contributed by atoms with van der Waals surface area (Å²) in [6.07, 6.45) is 0.587.